The molecule has 4 rings (SSSR count). The normalized spacial score (nSPS) is 16.8. The molecular weight excluding hydrogens is 459 g/mol. The summed E-state index contributed by atoms with van der Waals surface area (Å²) >= 11 is 0. The van der Waals surface area contributed by atoms with Gasteiger partial charge in [0.05, 0.1) is 18.8 Å². The standard InChI is InChI=1S/C21H21FN2O8S/c1-13(20(25)23-15-3-5-17-18(11-15)31-12-30-17)32-21(26)14-2-4-16(22)19(10-14)33(27,28)24-6-8-29-9-7-24/h2-5,10-11,13H,6-9,12H2,1H3,(H,23,25). The van der Waals surface area contributed by atoms with Gasteiger partial charge in [-0.15, -0.1) is 0 Å². The van der Waals surface area contributed by atoms with Crippen LogP contribution in [0.15, 0.2) is 41.3 Å². The number of nitrogens with one attached hydrogen (secondary N) is 1. The van der Waals surface area contributed by atoms with Crippen molar-refractivity contribution in [2.75, 3.05) is 38.4 Å². The van der Waals surface area contributed by atoms with Crippen LogP contribution in [-0.2, 0) is 24.3 Å². The lowest BCUT2D eigenvalue weighted by molar-refractivity contribution is -0.123. The van der Waals surface area contributed by atoms with E-state index in [9.17, 15) is 22.4 Å². The molecule has 2 aliphatic heterocycles. The first-order chi connectivity index (χ1) is 15.8. The summed E-state index contributed by atoms with van der Waals surface area (Å²) in [4.78, 5) is 24.3. The summed E-state index contributed by atoms with van der Waals surface area (Å²) in [5.74, 6) is -1.57. The molecule has 1 amide bonds. The Labute approximate surface area is 189 Å². The second kappa shape index (κ2) is 9.33. The number of carbonyl (C=O) groups is 2. The summed E-state index contributed by atoms with van der Waals surface area (Å²) in [6.45, 7) is 1.98. The summed E-state index contributed by atoms with van der Waals surface area (Å²) in [5.41, 5.74) is 0.207. The van der Waals surface area contributed by atoms with Gasteiger partial charge in [0, 0.05) is 24.8 Å². The molecule has 1 N–H and O–H groups in total. The molecular formula is C21H21FN2O8S. The van der Waals surface area contributed by atoms with Crippen LogP contribution in [0.25, 0.3) is 0 Å². The highest BCUT2D eigenvalue weighted by Crippen LogP contribution is 2.34. The van der Waals surface area contributed by atoms with Crippen molar-refractivity contribution in [2.24, 2.45) is 0 Å². The van der Waals surface area contributed by atoms with Crippen molar-refractivity contribution in [1.82, 2.24) is 4.31 Å². The maximum Gasteiger partial charge on any atom is 0.338 e. The van der Waals surface area contributed by atoms with E-state index in [0.29, 0.717) is 17.2 Å². The fraction of sp³-hybridized carbons (Fsp3) is 0.333. The first-order valence-electron chi connectivity index (χ1n) is 10.0. The van der Waals surface area contributed by atoms with Gasteiger partial charge >= 0.3 is 5.97 Å². The number of morpholine rings is 1. The number of halogens is 1. The summed E-state index contributed by atoms with van der Waals surface area (Å²) in [6.07, 6.45) is -1.22. The highest BCUT2D eigenvalue weighted by atomic mass is 32.2. The largest absolute Gasteiger partial charge is 0.454 e. The Morgan fingerprint density at radius 3 is 2.58 bits per heavy atom. The molecule has 0 aromatic heterocycles. The molecule has 1 saturated heterocycles. The molecule has 2 heterocycles. The van der Waals surface area contributed by atoms with E-state index < -0.39 is 38.7 Å². The van der Waals surface area contributed by atoms with E-state index in [0.717, 1.165) is 22.5 Å². The van der Waals surface area contributed by atoms with Gasteiger partial charge in [0.15, 0.2) is 17.6 Å². The summed E-state index contributed by atoms with van der Waals surface area (Å²) in [5, 5.41) is 2.59. The molecule has 2 aromatic rings. The number of carbonyl (C=O) groups excluding carboxylic acids is 2. The fourth-order valence-corrected chi connectivity index (χ4v) is 4.75. The van der Waals surface area contributed by atoms with Gasteiger partial charge in [-0.2, -0.15) is 4.31 Å². The van der Waals surface area contributed by atoms with Crippen LogP contribution in [0.3, 0.4) is 0 Å². The van der Waals surface area contributed by atoms with Crippen LogP contribution >= 0.6 is 0 Å². The van der Waals surface area contributed by atoms with E-state index in [2.05, 4.69) is 5.32 Å². The van der Waals surface area contributed by atoms with Crippen molar-refractivity contribution < 1.29 is 41.3 Å². The number of esters is 1. The molecule has 176 valence electrons. The number of nitrogens with zero attached hydrogens (tertiary/aromatic N) is 1. The van der Waals surface area contributed by atoms with E-state index in [1.54, 1.807) is 18.2 Å². The van der Waals surface area contributed by atoms with E-state index >= 15 is 0 Å². The van der Waals surface area contributed by atoms with Crippen molar-refractivity contribution in [3.8, 4) is 11.5 Å². The monoisotopic (exact) mass is 480 g/mol. The number of hydrogen-bond donors (Lipinski definition) is 1. The van der Waals surface area contributed by atoms with Crippen LogP contribution < -0.4 is 14.8 Å². The number of sulfonamides is 1. The molecule has 0 spiro atoms. The lowest BCUT2D eigenvalue weighted by Crippen LogP contribution is -2.41. The maximum atomic E-state index is 14.3. The second-order valence-electron chi connectivity index (χ2n) is 7.27. The van der Waals surface area contributed by atoms with Crippen molar-refractivity contribution >= 4 is 27.6 Å². The Hall–Kier alpha value is -3.22. The van der Waals surface area contributed by atoms with Gasteiger partial charge in [0.1, 0.15) is 10.7 Å². The van der Waals surface area contributed by atoms with Gasteiger partial charge in [-0.25, -0.2) is 17.6 Å². The molecule has 33 heavy (non-hydrogen) atoms. The minimum absolute atomic E-state index is 0.0769. The van der Waals surface area contributed by atoms with Crippen molar-refractivity contribution in [3.05, 3.63) is 47.8 Å². The van der Waals surface area contributed by atoms with Crippen LogP contribution in [-0.4, -0.2) is 63.8 Å². The molecule has 0 aliphatic carbocycles. The van der Waals surface area contributed by atoms with Crippen LogP contribution in [0.2, 0.25) is 0 Å². The van der Waals surface area contributed by atoms with Crippen molar-refractivity contribution in [3.63, 3.8) is 0 Å². The SMILES string of the molecule is CC(OC(=O)c1ccc(F)c(S(=O)(=O)N2CCOCC2)c1)C(=O)Nc1ccc2c(c1)OCO2. The zero-order valence-electron chi connectivity index (χ0n) is 17.6. The van der Waals surface area contributed by atoms with Gasteiger partial charge in [-0.3, -0.25) is 4.79 Å². The molecule has 2 aliphatic rings. The van der Waals surface area contributed by atoms with Crippen LogP contribution in [0.4, 0.5) is 10.1 Å². The summed E-state index contributed by atoms with van der Waals surface area (Å²) < 4.78 is 61.8. The molecule has 1 atom stereocenters. The summed E-state index contributed by atoms with van der Waals surface area (Å²) in [7, 11) is -4.17. The van der Waals surface area contributed by atoms with Gasteiger partial charge in [-0.05, 0) is 37.3 Å². The lowest BCUT2D eigenvalue weighted by atomic mass is 10.2. The molecule has 0 radical (unpaired) electrons. The third-order valence-corrected chi connectivity index (χ3v) is 6.96. The Kier molecular flexibility index (Phi) is 6.49. The second-order valence-corrected chi connectivity index (χ2v) is 9.17. The van der Waals surface area contributed by atoms with E-state index in [-0.39, 0.29) is 38.7 Å². The molecule has 0 bridgehead atoms. The fourth-order valence-electron chi connectivity index (χ4n) is 3.25. The number of benzene rings is 2. The molecule has 1 fully saturated rings. The Morgan fingerprint density at radius 1 is 1.09 bits per heavy atom. The molecule has 0 saturated carbocycles. The van der Waals surface area contributed by atoms with E-state index in [4.69, 9.17) is 18.9 Å². The van der Waals surface area contributed by atoms with Gasteiger partial charge in [0.2, 0.25) is 16.8 Å². The third-order valence-electron chi connectivity index (χ3n) is 5.05. The van der Waals surface area contributed by atoms with Gasteiger partial charge in [0.25, 0.3) is 5.91 Å². The zero-order chi connectivity index (χ0) is 23.6. The van der Waals surface area contributed by atoms with Crippen molar-refractivity contribution in [2.45, 2.75) is 17.9 Å². The first-order valence-corrected chi connectivity index (χ1v) is 11.5. The number of anilines is 1. The predicted molar refractivity (Wildman–Crippen MR) is 112 cm³/mol. The number of hydrogen-bond acceptors (Lipinski definition) is 8. The quantitative estimate of drug-likeness (QED) is 0.621. The molecule has 10 nitrogen and oxygen atoms in total. The van der Waals surface area contributed by atoms with Gasteiger partial charge < -0.3 is 24.3 Å². The topological polar surface area (TPSA) is 120 Å². The third kappa shape index (κ3) is 4.92. The smallest absolute Gasteiger partial charge is 0.338 e. The van der Waals surface area contributed by atoms with E-state index in [1.807, 2.05) is 0 Å². The molecule has 12 heteroatoms. The lowest BCUT2D eigenvalue weighted by Gasteiger charge is -2.26. The number of fused-ring (bicyclic) bond motifs is 1. The predicted octanol–water partition coefficient (Wildman–Crippen LogP) is 1.76. The summed E-state index contributed by atoms with van der Waals surface area (Å²) in [6, 6.07) is 7.68. The Bertz CT molecular complexity index is 1180. The Morgan fingerprint density at radius 2 is 1.82 bits per heavy atom. The number of rotatable bonds is 6. The van der Waals surface area contributed by atoms with Gasteiger partial charge in [-0.1, -0.05) is 0 Å². The number of amides is 1. The highest BCUT2D eigenvalue weighted by Gasteiger charge is 2.30. The minimum Gasteiger partial charge on any atom is -0.454 e. The minimum atomic E-state index is -4.17. The Balaban J connectivity index is 1.44. The average molecular weight is 480 g/mol. The average Bonchev–Trinajstić information content (AvgIpc) is 3.27. The first kappa shape index (κ1) is 23.0. The van der Waals surface area contributed by atoms with Crippen molar-refractivity contribution in [1.29, 1.82) is 0 Å². The number of ether oxygens (including phenoxy) is 4. The molecule has 1 unspecified atom stereocenters. The maximum absolute atomic E-state index is 14.3. The van der Waals surface area contributed by atoms with Crippen LogP contribution in [0.1, 0.15) is 17.3 Å². The molecule has 2 aromatic carbocycles. The van der Waals surface area contributed by atoms with E-state index in [1.165, 1.54) is 6.92 Å². The van der Waals surface area contributed by atoms with Crippen LogP contribution in [0.5, 0.6) is 11.5 Å². The van der Waals surface area contributed by atoms with Crippen LogP contribution in [0, 0.1) is 5.82 Å². The zero-order valence-corrected chi connectivity index (χ0v) is 18.4. The highest BCUT2D eigenvalue weighted by molar-refractivity contribution is 7.89.